The molecule has 8 rings (SSSR count). The number of carbonyl (C=O) groups is 10. The number of unbranched alkanes of at least 4 members (excludes halogenated alkanes) is 1. The molecule has 0 aliphatic carbocycles. The highest BCUT2D eigenvalue weighted by Gasteiger charge is 2.40. The molecule has 0 radical (unpaired) electrons. The lowest BCUT2D eigenvalue weighted by atomic mass is 9.99. The average molecular weight is 1550 g/mol. The van der Waals surface area contributed by atoms with Crippen molar-refractivity contribution in [3.63, 3.8) is 0 Å². The molecule has 10 atom stereocenters. The standard InChI is InChI=1S/C75H101ClN24O11/c1-41(2)33-55(63(103)87-54(12-7-8-31-82-42(3)4)71(111)100-32-10-13-62(100)70(110)83-43(5)77)88-65(105)58(36-47-18-26-52(27-19-47)85-74-94-72(79)96-98-74)90-67(107)59(37-48-20-28-53(29-21-48)86-75-95-73(80)97-99-75)92-69(109)61(40-101)93-68(108)60(38-49-11-9-30-81-39-49)91-66(106)57(35-45-14-22-50(76)23-15-45)89-64(104)56(84-44(6)102)34-46-16-24-51(78)25-17-46/h9,11,14-30,39,41-43,54-62,82,101H,7-8,10,12-13,31-38,40,77-78H2,1-6H3,(H,83,110)(H,84,102)(H,87,103)(H,88,105)(H,89,104)(H,90,107)(H,91,106)(H,92,109)(H,93,108)(H4,79,85,94,96,98)(H4,80,86,95,97,99)/t43-,54+,55+,56-,57-,58-,59+,60-,61+,62+/m1/s1. The van der Waals surface area contributed by atoms with Crippen LogP contribution in [0, 0.1) is 5.92 Å². The van der Waals surface area contributed by atoms with E-state index in [0.717, 1.165) is 0 Å². The minimum absolute atomic E-state index is 0.000325. The van der Waals surface area contributed by atoms with Gasteiger partial charge in [-0.15, -0.1) is 10.2 Å². The molecule has 1 saturated heterocycles. The van der Waals surface area contributed by atoms with Crippen molar-refractivity contribution >= 4 is 112 Å². The molecule has 4 heterocycles. The SMILES string of the molecule is CC(=O)N[C@H](Cc1ccc(N)cc1)C(=O)N[C@H](Cc1ccc(Cl)cc1)C(=O)N[C@H](Cc1cccnc1)C(=O)N[C@@H](CO)C(=O)N[C@@H](Cc1ccc(Nc2n[nH]c(N)n2)cc1)C(=O)N[C@H](Cc1ccc(Nc2n[nH]c(N)n2)cc1)C(=O)N[C@@H](CC(C)C)C(=O)N[C@@H](CCCCNC(C)C)C(=O)N1CCC[C@H]1C(=O)N[C@H](C)N. The van der Waals surface area contributed by atoms with Crippen molar-refractivity contribution in [3.8, 4) is 0 Å². The fourth-order valence-corrected chi connectivity index (χ4v) is 12.5. The summed E-state index contributed by atoms with van der Waals surface area (Å²) in [5.74, 6) is -7.51. The van der Waals surface area contributed by atoms with E-state index in [4.69, 9.17) is 34.5 Å². The van der Waals surface area contributed by atoms with Crippen LogP contribution in [0.15, 0.2) is 122 Å². The molecule has 1 aliphatic heterocycles. The van der Waals surface area contributed by atoms with E-state index < -0.39 is 126 Å². The summed E-state index contributed by atoms with van der Waals surface area (Å²) >= 11 is 6.25. The Balaban J connectivity index is 1.09. The highest BCUT2D eigenvalue weighted by Crippen LogP contribution is 2.23. The molecule has 1 fully saturated rings. The number of H-pyrrole nitrogens is 2. The van der Waals surface area contributed by atoms with E-state index in [1.165, 1.54) is 24.2 Å². The van der Waals surface area contributed by atoms with Gasteiger partial charge in [-0.2, -0.15) is 9.97 Å². The quantitative estimate of drug-likeness (QED) is 0.0146. The third-order valence-corrected chi connectivity index (χ3v) is 18.2. The van der Waals surface area contributed by atoms with Crippen LogP contribution in [-0.2, 0) is 80.0 Å². The molecule has 35 nitrogen and oxygen atoms in total. The highest BCUT2D eigenvalue weighted by atomic mass is 35.5. The Morgan fingerprint density at radius 2 is 0.955 bits per heavy atom. The second-order valence-corrected chi connectivity index (χ2v) is 28.5. The first-order valence-corrected chi connectivity index (χ1v) is 37.1. The van der Waals surface area contributed by atoms with Crippen molar-refractivity contribution in [3.05, 3.63) is 154 Å². The van der Waals surface area contributed by atoms with Gasteiger partial charge >= 0.3 is 0 Å². The average Bonchev–Trinajstić information content (AvgIpc) is 1.65. The van der Waals surface area contributed by atoms with Gasteiger partial charge in [0.2, 0.25) is 82.9 Å². The van der Waals surface area contributed by atoms with Gasteiger partial charge in [0, 0.05) is 86.1 Å². The minimum Gasteiger partial charge on any atom is -0.399 e. The van der Waals surface area contributed by atoms with Crippen LogP contribution in [-0.4, -0.2) is 191 Å². The van der Waals surface area contributed by atoms with E-state index in [-0.39, 0.29) is 87.2 Å². The number of rotatable bonds is 41. The molecular formula is C75H101ClN24O11. The molecule has 1 aliphatic rings. The van der Waals surface area contributed by atoms with Crippen LogP contribution >= 0.6 is 11.6 Å². The van der Waals surface area contributed by atoms with E-state index in [9.17, 15) is 43.5 Å². The predicted molar refractivity (Wildman–Crippen MR) is 417 cm³/mol. The van der Waals surface area contributed by atoms with Gasteiger partial charge in [0.1, 0.15) is 54.4 Å². The monoisotopic (exact) mass is 1550 g/mol. The van der Waals surface area contributed by atoms with Gasteiger partial charge < -0.3 is 96.7 Å². The van der Waals surface area contributed by atoms with Crippen molar-refractivity contribution in [1.82, 2.24) is 93.4 Å². The van der Waals surface area contributed by atoms with Gasteiger partial charge in [-0.1, -0.05) is 93.9 Å². The summed E-state index contributed by atoms with van der Waals surface area (Å²) in [6.07, 6.45) is 3.60. The topological polar surface area (TPSA) is 539 Å². The highest BCUT2D eigenvalue weighted by molar-refractivity contribution is 6.30. The molecule has 0 unspecified atom stereocenters. The summed E-state index contributed by atoms with van der Waals surface area (Å²) in [5, 5.41) is 58.7. The predicted octanol–water partition coefficient (Wildman–Crippen LogP) is 1.24. The van der Waals surface area contributed by atoms with Gasteiger partial charge in [0.05, 0.1) is 12.8 Å². The summed E-state index contributed by atoms with van der Waals surface area (Å²) in [6.45, 7) is 10.3. The number of nitrogens with zero attached hydrogens (tertiary/aromatic N) is 6. The van der Waals surface area contributed by atoms with Crippen LogP contribution in [0.3, 0.4) is 0 Å². The number of carbonyl (C=O) groups excluding carboxylic acids is 10. The first kappa shape index (κ1) is 84.8. The first-order chi connectivity index (χ1) is 53.0. The zero-order valence-corrected chi connectivity index (χ0v) is 63.5. The molecule has 0 spiro atoms. The van der Waals surface area contributed by atoms with E-state index in [1.54, 1.807) is 116 Å². The third kappa shape index (κ3) is 27.4. The Hall–Kier alpha value is -11.8. The summed E-state index contributed by atoms with van der Waals surface area (Å²) in [4.78, 5) is 159. The number of anilines is 7. The molecule has 36 heteroatoms. The van der Waals surface area contributed by atoms with Crippen molar-refractivity contribution in [2.45, 2.75) is 179 Å². The number of aliphatic hydroxyl groups excluding tert-OH is 1. The van der Waals surface area contributed by atoms with Crippen LogP contribution < -0.4 is 86.7 Å². The molecule has 4 aromatic carbocycles. The zero-order valence-electron chi connectivity index (χ0n) is 62.8. The summed E-state index contributed by atoms with van der Waals surface area (Å²) in [5.41, 5.74) is 27.4. The number of likely N-dealkylation sites (tertiary alicyclic amines) is 1. The molecule has 3 aromatic heterocycles. The lowest BCUT2D eigenvalue weighted by molar-refractivity contribution is -0.142. The van der Waals surface area contributed by atoms with Crippen LogP contribution in [0.4, 0.5) is 40.9 Å². The zero-order chi connectivity index (χ0) is 80.3. The summed E-state index contributed by atoms with van der Waals surface area (Å²) in [6, 6.07) is 17.3. The van der Waals surface area contributed by atoms with E-state index in [2.05, 4.69) is 99.1 Å². The molecule has 10 amide bonds. The second kappa shape index (κ2) is 41.7. The second-order valence-electron chi connectivity index (χ2n) is 28.1. The summed E-state index contributed by atoms with van der Waals surface area (Å²) < 4.78 is 0. The van der Waals surface area contributed by atoms with Gasteiger partial charge in [-0.3, -0.25) is 52.9 Å². The lowest BCUT2D eigenvalue weighted by Crippen LogP contribution is -2.62. The molecular weight excluding hydrogens is 1450 g/mol. The molecule has 23 N–H and O–H groups in total. The number of hydrogen-bond acceptors (Lipinski definition) is 23. The normalized spacial score (nSPS) is 15.1. The number of aromatic nitrogens is 7. The largest absolute Gasteiger partial charge is 0.399 e. The van der Waals surface area contributed by atoms with Crippen LogP contribution in [0.5, 0.6) is 0 Å². The van der Waals surface area contributed by atoms with Gasteiger partial charge in [-0.25, -0.2) is 10.2 Å². The number of hydrogen-bond donors (Lipinski definition) is 19. The first-order valence-electron chi connectivity index (χ1n) is 36.7. The number of aromatic amines is 2. The maximum Gasteiger partial charge on any atom is 0.248 e. The molecule has 0 saturated carbocycles. The number of halogens is 1. The number of aliphatic hydroxyl groups is 1. The van der Waals surface area contributed by atoms with Gasteiger partial charge in [-0.05, 0) is 140 Å². The van der Waals surface area contributed by atoms with Crippen molar-refractivity contribution < 1.29 is 53.1 Å². The molecule has 111 heavy (non-hydrogen) atoms. The minimum atomic E-state index is -1.84. The van der Waals surface area contributed by atoms with Crippen LogP contribution in [0.1, 0.15) is 108 Å². The number of nitrogens with one attached hydrogen (secondary N) is 14. The maximum atomic E-state index is 15.5. The fraction of sp³-hybridized carbons (Fsp3) is 0.427. The van der Waals surface area contributed by atoms with Gasteiger partial charge in [0.15, 0.2) is 0 Å². The maximum absolute atomic E-state index is 15.5. The van der Waals surface area contributed by atoms with Crippen LogP contribution in [0.25, 0.3) is 0 Å². The molecule has 594 valence electrons. The molecule has 0 bridgehead atoms. The Morgan fingerprint density at radius 3 is 1.38 bits per heavy atom. The molecule has 7 aromatic rings. The van der Waals surface area contributed by atoms with Crippen molar-refractivity contribution in [2.24, 2.45) is 11.7 Å². The summed E-state index contributed by atoms with van der Waals surface area (Å²) in [7, 11) is 0. The lowest BCUT2D eigenvalue weighted by Gasteiger charge is -2.31. The Bertz CT molecular complexity index is 4250. The number of nitrogen functional groups attached to an aromatic ring is 3. The van der Waals surface area contributed by atoms with Crippen molar-refractivity contribution in [2.75, 3.05) is 47.5 Å². The van der Waals surface area contributed by atoms with Crippen LogP contribution in [0.2, 0.25) is 5.02 Å². The van der Waals surface area contributed by atoms with E-state index in [1.807, 2.05) is 27.7 Å². The number of nitrogens with two attached hydrogens (primary N) is 4. The Kier molecular flexibility index (Phi) is 31.8. The Morgan fingerprint density at radius 1 is 0.532 bits per heavy atom. The Labute approximate surface area is 647 Å². The van der Waals surface area contributed by atoms with E-state index >= 15 is 9.59 Å². The smallest absolute Gasteiger partial charge is 0.248 e. The van der Waals surface area contributed by atoms with Crippen molar-refractivity contribution in [1.29, 1.82) is 0 Å². The van der Waals surface area contributed by atoms with Gasteiger partial charge in [0.25, 0.3) is 0 Å². The number of amides is 10. The number of benzene rings is 4. The number of pyridine rings is 1. The van der Waals surface area contributed by atoms with E-state index in [0.29, 0.717) is 82.1 Å². The fourth-order valence-electron chi connectivity index (χ4n) is 12.4. The third-order valence-electron chi connectivity index (χ3n) is 17.9.